The molecule has 2 nitrogen and oxygen atoms in total. The van der Waals surface area contributed by atoms with Crippen LogP contribution in [0.3, 0.4) is 0 Å². The Hall–Kier alpha value is -0.0800. The first kappa shape index (κ1) is 14.3. The molecule has 2 fully saturated rings. The van der Waals surface area contributed by atoms with Crippen molar-refractivity contribution < 1.29 is 0 Å². The molecule has 0 aromatic heterocycles. The normalized spacial score (nSPS) is 26.0. The van der Waals surface area contributed by atoms with Crippen molar-refractivity contribution in [2.24, 2.45) is 11.1 Å². The average molecular weight is 252 g/mol. The third-order valence-electron chi connectivity index (χ3n) is 5.83. The van der Waals surface area contributed by atoms with Gasteiger partial charge in [0.25, 0.3) is 0 Å². The molecule has 2 rings (SSSR count). The molecule has 2 aliphatic carbocycles. The first-order valence-corrected chi connectivity index (χ1v) is 8.15. The van der Waals surface area contributed by atoms with Crippen LogP contribution < -0.4 is 5.73 Å². The Morgan fingerprint density at radius 3 is 2.00 bits per heavy atom. The van der Waals surface area contributed by atoms with E-state index >= 15 is 0 Å². The van der Waals surface area contributed by atoms with Crippen LogP contribution in [0.2, 0.25) is 0 Å². The maximum absolute atomic E-state index is 6.19. The van der Waals surface area contributed by atoms with Crippen molar-refractivity contribution in [1.29, 1.82) is 0 Å². The minimum absolute atomic E-state index is 0.332. The van der Waals surface area contributed by atoms with Gasteiger partial charge in [-0.25, -0.2) is 0 Å². The minimum Gasteiger partial charge on any atom is -0.329 e. The monoisotopic (exact) mass is 252 g/mol. The zero-order chi connectivity index (χ0) is 13.1. The Bertz CT molecular complexity index is 246. The smallest absolute Gasteiger partial charge is 0.0332 e. The Balaban J connectivity index is 2.02. The summed E-state index contributed by atoms with van der Waals surface area (Å²) in [6.07, 6.45) is 12.7. The Kier molecular flexibility index (Phi) is 4.71. The largest absolute Gasteiger partial charge is 0.329 e. The van der Waals surface area contributed by atoms with Gasteiger partial charge in [-0.2, -0.15) is 0 Å². The van der Waals surface area contributed by atoms with Crippen LogP contribution in [0.25, 0.3) is 0 Å². The fraction of sp³-hybridized carbons (Fsp3) is 1.00. The maximum Gasteiger partial charge on any atom is 0.0332 e. The summed E-state index contributed by atoms with van der Waals surface area (Å²) in [6.45, 7) is 7.83. The van der Waals surface area contributed by atoms with Crippen LogP contribution in [0.5, 0.6) is 0 Å². The molecule has 106 valence electrons. The zero-order valence-electron chi connectivity index (χ0n) is 12.5. The van der Waals surface area contributed by atoms with Gasteiger partial charge in [-0.05, 0) is 63.5 Å². The van der Waals surface area contributed by atoms with Crippen molar-refractivity contribution in [2.75, 3.05) is 19.6 Å². The second kappa shape index (κ2) is 5.92. The van der Waals surface area contributed by atoms with E-state index in [0.717, 1.165) is 18.5 Å². The fourth-order valence-electron chi connectivity index (χ4n) is 4.52. The van der Waals surface area contributed by atoms with Gasteiger partial charge in [0, 0.05) is 12.1 Å². The first-order chi connectivity index (χ1) is 8.70. The molecule has 2 N–H and O–H groups in total. The Morgan fingerprint density at radius 2 is 1.56 bits per heavy atom. The number of rotatable bonds is 5. The van der Waals surface area contributed by atoms with E-state index in [1.165, 1.54) is 64.3 Å². The molecule has 0 aromatic carbocycles. The summed E-state index contributed by atoms with van der Waals surface area (Å²) in [4.78, 5) is 2.68. The molecule has 0 atom stereocenters. The van der Waals surface area contributed by atoms with Crippen LogP contribution in [-0.4, -0.2) is 30.1 Å². The van der Waals surface area contributed by atoms with Crippen LogP contribution in [0, 0.1) is 5.41 Å². The summed E-state index contributed by atoms with van der Waals surface area (Å²) in [5.74, 6) is 0. The zero-order valence-corrected chi connectivity index (χ0v) is 12.5. The highest BCUT2D eigenvalue weighted by Gasteiger charge is 2.45. The van der Waals surface area contributed by atoms with Gasteiger partial charge in [0.2, 0.25) is 0 Å². The molecule has 0 bridgehead atoms. The standard InChI is InChI=1S/C16H32N2/c1-3-13-18(4-2)16(14-17)11-9-15(10-12-16)7-5-6-8-15/h3-14,17H2,1-2H3. The van der Waals surface area contributed by atoms with Gasteiger partial charge in [0.05, 0.1) is 0 Å². The third kappa shape index (κ3) is 2.60. The van der Waals surface area contributed by atoms with Crippen molar-refractivity contribution in [3.63, 3.8) is 0 Å². The van der Waals surface area contributed by atoms with Crippen molar-refractivity contribution >= 4 is 0 Å². The molecular formula is C16H32N2. The summed E-state index contributed by atoms with van der Waals surface area (Å²) in [5.41, 5.74) is 7.25. The third-order valence-corrected chi connectivity index (χ3v) is 5.83. The van der Waals surface area contributed by atoms with Crippen LogP contribution in [-0.2, 0) is 0 Å². The lowest BCUT2D eigenvalue weighted by Gasteiger charge is -2.50. The molecule has 0 aromatic rings. The fourth-order valence-corrected chi connectivity index (χ4v) is 4.52. The van der Waals surface area contributed by atoms with Gasteiger partial charge in [-0.15, -0.1) is 0 Å². The Morgan fingerprint density at radius 1 is 0.944 bits per heavy atom. The average Bonchev–Trinajstić information content (AvgIpc) is 2.86. The van der Waals surface area contributed by atoms with Gasteiger partial charge < -0.3 is 5.73 Å². The van der Waals surface area contributed by atoms with Gasteiger partial charge in [0.1, 0.15) is 0 Å². The molecule has 0 unspecified atom stereocenters. The van der Waals surface area contributed by atoms with E-state index in [-0.39, 0.29) is 0 Å². The van der Waals surface area contributed by atoms with Crippen LogP contribution in [0.1, 0.15) is 71.6 Å². The maximum atomic E-state index is 6.19. The lowest BCUT2D eigenvalue weighted by atomic mass is 9.66. The SMILES string of the molecule is CCCN(CC)C1(CN)CCC2(CCCC2)CC1. The predicted molar refractivity (Wildman–Crippen MR) is 78.7 cm³/mol. The Labute approximate surface area is 113 Å². The lowest BCUT2D eigenvalue weighted by Crippen LogP contribution is -2.56. The molecule has 0 aliphatic heterocycles. The quantitative estimate of drug-likeness (QED) is 0.811. The van der Waals surface area contributed by atoms with Gasteiger partial charge in [0.15, 0.2) is 0 Å². The highest BCUT2D eigenvalue weighted by Crippen LogP contribution is 2.52. The van der Waals surface area contributed by atoms with Crippen molar-refractivity contribution in [1.82, 2.24) is 4.90 Å². The topological polar surface area (TPSA) is 29.3 Å². The van der Waals surface area contributed by atoms with E-state index in [9.17, 15) is 0 Å². The number of likely N-dealkylation sites (N-methyl/N-ethyl adjacent to an activating group) is 1. The first-order valence-electron chi connectivity index (χ1n) is 8.15. The van der Waals surface area contributed by atoms with Crippen LogP contribution in [0.15, 0.2) is 0 Å². The summed E-state index contributed by atoms with van der Waals surface area (Å²) in [6, 6.07) is 0. The predicted octanol–water partition coefficient (Wildman–Crippen LogP) is 3.55. The molecular weight excluding hydrogens is 220 g/mol. The van der Waals surface area contributed by atoms with Crippen LogP contribution in [0.4, 0.5) is 0 Å². The molecule has 2 heteroatoms. The molecule has 0 saturated heterocycles. The summed E-state index contributed by atoms with van der Waals surface area (Å²) in [7, 11) is 0. The van der Waals surface area contributed by atoms with Crippen molar-refractivity contribution in [2.45, 2.75) is 77.2 Å². The van der Waals surface area contributed by atoms with Gasteiger partial charge >= 0.3 is 0 Å². The van der Waals surface area contributed by atoms with Crippen LogP contribution >= 0.6 is 0 Å². The van der Waals surface area contributed by atoms with E-state index < -0.39 is 0 Å². The van der Waals surface area contributed by atoms with E-state index in [1.54, 1.807) is 0 Å². The summed E-state index contributed by atoms with van der Waals surface area (Å²) in [5, 5.41) is 0. The molecule has 1 spiro atoms. The molecule has 0 radical (unpaired) electrons. The van der Waals surface area contributed by atoms with Crippen molar-refractivity contribution in [3.8, 4) is 0 Å². The highest BCUT2D eigenvalue weighted by atomic mass is 15.2. The number of nitrogens with two attached hydrogens (primary N) is 1. The molecule has 18 heavy (non-hydrogen) atoms. The van der Waals surface area contributed by atoms with Crippen molar-refractivity contribution in [3.05, 3.63) is 0 Å². The van der Waals surface area contributed by atoms with E-state index in [0.29, 0.717) is 5.54 Å². The highest BCUT2D eigenvalue weighted by molar-refractivity contribution is 5.01. The van der Waals surface area contributed by atoms with Gasteiger partial charge in [-0.3, -0.25) is 4.90 Å². The molecule has 2 aliphatic rings. The number of hydrogen-bond donors (Lipinski definition) is 1. The molecule has 2 saturated carbocycles. The van der Waals surface area contributed by atoms with E-state index in [4.69, 9.17) is 5.73 Å². The van der Waals surface area contributed by atoms with E-state index in [1.807, 2.05) is 0 Å². The number of hydrogen-bond acceptors (Lipinski definition) is 2. The van der Waals surface area contributed by atoms with Gasteiger partial charge in [-0.1, -0.05) is 26.7 Å². The summed E-state index contributed by atoms with van der Waals surface area (Å²) >= 11 is 0. The molecule has 0 amide bonds. The molecule has 0 heterocycles. The number of nitrogens with zero attached hydrogens (tertiary/aromatic N) is 1. The second-order valence-electron chi connectivity index (χ2n) is 6.72. The summed E-state index contributed by atoms with van der Waals surface area (Å²) < 4.78 is 0. The minimum atomic E-state index is 0.332. The van der Waals surface area contributed by atoms with E-state index in [2.05, 4.69) is 18.7 Å². The lowest BCUT2D eigenvalue weighted by molar-refractivity contribution is 0.0169. The second-order valence-corrected chi connectivity index (χ2v) is 6.72.